The van der Waals surface area contributed by atoms with Crippen molar-refractivity contribution in [3.63, 3.8) is 0 Å². The molecule has 0 aliphatic carbocycles. The van der Waals surface area contributed by atoms with Gasteiger partial charge in [0.25, 0.3) is 0 Å². The molecule has 162 valence electrons. The highest BCUT2D eigenvalue weighted by molar-refractivity contribution is 14.1. The molecule has 1 fully saturated rings. The third kappa shape index (κ3) is 3.39. The summed E-state index contributed by atoms with van der Waals surface area (Å²) in [4.78, 5) is 0. The summed E-state index contributed by atoms with van der Waals surface area (Å²) in [7, 11) is 0. The Labute approximate surface area is 195 Å². The molecular weight excluding hydrogens is 504 g/mol. The van der Waals surface area contributed by atoms with Crippen molar-refractivity contribution in [2.24, 2.45) is 0 Å². The molecule has 6 heteroatoms. The molecule has 2 aromatic heterocycles. The van der Waals surface area contributed by atoms with Crippen LogP contribution in [0, 0.1) is 23.2 Å². The highest BCUT2D eigenvalue weighted by atomic mass is 127. The molecule has 2 aromatic carbocycles. The van der Waals surface area contributed by atoms with Crippen molar-refractivity contribution in [1.29, 1.82) is 0 Å². The summed E-state index contributed by atoms with van der Waals surface area (Å²) in [6.45, 7) is 9.15. The molecule has 0 N–H and O–H groups in total. The number of nitrogens with zero attached hydrogens (tertiary/aromatic N) is 3. The Balaban J connectivity index is 1.79. The quantitative estimate of drug-likeness (QED) is 0.263. The number of rotatable bonds is 3. The van der Waals surface area contributed by atoms with Crippen molar-refractivity contribution in [3.05, 3.63) is 56.7 Å². The summed E-state index contributed by atoms with van der Waals surface area (Å²) in [5.74, 6) is 0.158. The van der Waals surface area contributed by atoms with Crippen LogP contribution in [0.3, 0.4) is 0 Å². The van der Waals surface area contributed by atoms with Crippen LogP contribution in [0.4, 0.5) is 4.39 Å². The first kappa shape index (κ1) is 20.9. The zero-order chi connectivity index (χ0) is 21.9. The van der Waals surface area contributed by atoms with Gasteiger partial charge in [-0.15, -0.1) is 0 Å². The molecule has 0 radical (unpaired) electrons. The number of fused-ring (bicyclic) bond motifs is 2. The standard InChI is InChI=1S/C25H27FIN3O/c1-14(2)21-13-19-22(29(21)17-8-9-20(26)15(3)11-17)12-18-16(4)30(28-25(18)24(19)27)23-7-5-6-10-31-23/h8-9,11-14,23H,5-7,10H2,1-4H3. The SMILES string of the molecule is Cc1cc(-n2c(C(C)C)cc3c(I)c4nn(C5CCCCO5)c(C)c4cc32)ccc1F. The highest BCUT2D eigenvalue weighted by Gasteiger charge is 2.24. The summed E-state index contributed by atoms with van der Waals surface area (Å²) in [5.41, 5.74) is 6.17. The summed E-state index contributed by atoms with van der Waals surface area (Å²) < 4.78 is 25.5. The highest BCUT2D eigenvalue weighted by Crippen LogP contribution is 2.38. The molecule has 0 spiro atoms. The van der Waals surface area contributed by atoms with E-state index in [2.05, 4.69) is 64.7 Å². The van der Waals surface area contributed by atoms with Crippen LogP contribution in [0.5, 0.6) is 0 Å². The van der Waals surface area contributed by atoms with Crippen LogP contribution in [-0.2, 0) is 4.74 Å². The number of hydrogen-bond acceptors (Lipinski definition) is 2. The van der Waals surface area contributed by atoms with Gasteiger partial charge in [0, 0.05) is 34.5 Å². The molecule has 1 saturated heterocycles. The molecule has 4 aromatic rings. The lowest BCUT2D eigenvalue weighted by Crippen LogP contribution is -2.20. The van der Waals surface area contributed by atoms with Gasteiger partial charge in [-0.05, 0) is 97.5 Å². The lowest BCUT2D eigenvalue weighted by molar-refractivity contribution is -0.0402. The van der Waals surface area contributed by atoms with Gasteiger partial charge in [0.15, 0.2) is 0 Å². The van der Waals surface area contributed by atoms with Crippen molar-refractivity contribution >= 4 is 44.4 Å². The molecule has 4 nitrogen and oxygen atoms in total. The maximum atomic E-state index is 14.0. The second kappa shape index (κ2) is 7.89. The number of benzene rings is 2. The minimum Gasteiger partial charge on any atom is -0.357 e. The van der Waals surface area contributed by atoms with Crippen molar-refractivity contribution in [2.75, 3.05) is 6.61 Å². The molecule has 0 amide bonds. The average molecular weight is 531 g/mol. The number of aromatic nitrogens is 3. The Bertz CT molecular complexity index is 1300. The number of halogens is 2. The third-order valence-electron chi connectivity index (χ3n) is 6.41. The number of ether oxygens (including phenoxy) is 1. The second-order valence-corrected chi connectivity index (χ2v) is 9.94. The van der Waals surface area contributed by atoms with E-state index >= 15 is 0 Å². The lowest BCUT2D eigenvalue weighted by atomic mass is 10.1. The van der Waals surface area contributed by atoms with E-state index in [4.69, 9.17) is 9.84 Å². The minimum absolute atomic E-state index is 0.0180. The minimum atomic E-state index is -0.173. The van der Waals surface area contributed by atoms with E-state index in [0.29, 0.717) is 11.5 Å². The fourth-order valence-corrected chi connectivity index (χ4v) is 5.50. The topological polar surface area (TPSA) is 32.0 Å². The van der Waals surface area contributed by atoms with E-state index in [-0.39, 0.29) is 12.0 Å². The summed E-state index contributed by atoms with van der Waals surface area (Å²) in [6.07, 6.45) is 3.32. The maximum Gasteiger partial charge on any atom is 0.150 e. The van der Waals surface area contributed by atoms with Crippen molar-refractivity contribution in [1.82, 2.24) is 14.3 Å². The fraction of sp³-hybridized carbons (Fsp3) is 0.400. The van der Waals surface area contributed by atoms with Gasteiger partial charge in [0.1, 0.15) is 17.6 Å². The second-order valence-electron chi connectivity index (χ2n) is 8.86. The Morgan fingerprint density at radius 3 is 2.61 bits per heavy atom. The molecule has 0 saturated carbocycles. The summed E-state index contributed by atoms with van der Waals surface area (Å²) in [5, 5.41) is 7.33. The van der Waals surface area contributed by atoms with Crippen LogP contribution in [0.2, 0.25) is 0 Å². The molecular formula is C25H27FIN3O. The van der Waals surface area contributed by atoms with Crippen LogP contribution in [0.1, 0.15) is 62.2 Å². The van der Waals surface area contributed by atoms with E-state index < -0.39 is 0 Å². The smallest absolute Gasteiger partial charge is 0.150 e. The van der Waals surface area contributed by atoms with E-state index in [1.165, 1.54) is 17.5 Å². The Morgan fingerprint density at radius 1 is 1.13 bits per heavy atom. The van der Waals surface area contributed by atoms with Crippen LogP contribution in [0.15, 0.2) is 30.3 Å². The van der Waals surface area contributed by atoms with Gasteiger partial charge < -0.3 is 9.30 Å². The van der Waals surface area contributed by atoms with Gasteiger partial charge in [-0.3, -0.25) is 0 Å². The number of hydrogen-bond donors (Lipinski definition) is 0. The number of aryl methyl sites for hydroxylation is 2. The van der Waals surface area contributed by atoms with Crippen molar-refractivity contribution in [3.8, 4) is 5.69 Å². The first-order valence-corrected chi connectivity index (χ1v) is 12.1. The average Bonchev–Trinajstić information content (AvgIpc) is 3.30. The van der Waals surface area contributed by atoms with Crippen LogP contribution in [0.25, 0.3) is 27.5 Å². The van der Waals surface area contributed by atoms with Crippen LogP contribution < -0.4 is 0 Å². The molecule has 1 atom stereocenters. The zero-order valence-corrected chi connectivity index (χ0v) is 20.5. The molecule has 0 bridgehead atoms. The monoisotopic (exact) mass is 531 g/mol. The zero-order valence-electron chi connectivity index (χ0n) is 18.4. The predicted molar refractivity (Wildman–Crippen MR) is 132 cm³/mol. The maximum absolute atomic E-state index is 14.0. The van der Waals surface area contributed by atoms with E-state index in [1.54, 1.807) is 6.07 Å². The van der Waals surface area contributed by atoms with Gasteiger partial charge in [-0.25, -0.2) is 9.07 Å². The van der Waals surface area contributed by atoms with Gasteiger partial charge in [0.05, 0.1) is 9.09 Å². The van der Waals surface area contributed by atoms with Crippen molar-refractivity contribution < 1.29 is 9.13 Å². The van der Waals surface area contributed by atoms with Crippen LogP contribution in [-0.4, -0.2) is 21.0 Å². The summed E-state index contributed by atoms with van der Waals surface area (Å²) in [6, 6.07) is 9.89. The largest absolute Gasteiger partial charge is 0.357 e. The van der Waals surface area contributed by atoms with E-state index in [0.717, 1.165) is 50.8 Å². The Kier molecular flexibility index (Phi) is 5.33. The van der Waals surface area contributed by atoms with Gasteiger partial charge in [-0.1, -0.05) is 13.8 Å². The Morgan fingerprint density at radius 2 is 1.94 bits per heavy atom. The third-order valence-corrected chi connectivity index (χ3v) is 7.50. The van der Waals surface area contributed by atoms with Gasteiger partial charge in [-0.2, -0.15) is 5.10 Å². The van der Waals surface area contributed by atoms with Gasteiger partial charge >= 0.3 is 0 Å². The summed E-state index contributed by atoms with van der Waals surface area (Å²) >= 11 is 2.43. The van der Waals surface area contributed by atoms with E-state index in [9.17, 15) is 4.39 Å². The van der Waals surface area contributed by atoms with Crippen molar-refractivity contribution in [2.45, 2.75) is 59.1 Å². The lowest BCUT2D eigenvalue weighted by Gasteiger charge is -2.23. The first-order valence-electron chi connectivity index (χ1n) is 11.0. The molecule has 31 heavy (non-hydrogen) atoms. The molecule has 3 heterocycles. The first-order chi connectivity index (χ1) is 14.9. The molecule has 1 unspecified atom stereocenters. The van der Waals surface area contributed by atoms with Crippen LogP contribution >= 0.6 is 22.6 Å². The molecule has 1 aliphatic heterocycles. The normalized spacial score (nSPS) is 17.3. The molecule has 5 rings (SSSR count). The van der Waals surface area contributed by atoms with Gasteiger partial charge in [0.2, 0.25) is 0 Å². The predicted octanol–water partition coefficient (Wildman–Crippen LogP) is 7.16. The fourth-order valence-electron chi connectivity index (χ4n) is 4.67. The molecule has 1 aliphatic rings. The van der Waals surface area contributed by atoms with E-state index in [1.807, 2.05) is 19.1 Å². The Hall–Kier alpha value is -1.93.